The Morgan fingerprint density at radius 1 is 1.42 bits per heavy atom. The molecule has 0 amide bonds. The third kappa shape index (κ3) is 5.73. The van der Waals surface area contributed by atoms with Gasteiger partial charge in [0.1, 0.15) is 0 Å². The molecule has 0 spiro atoms. The van der Waals surface area contributed by atoms with Gasteiger partial charge in [0.2, 0.25) is 0 Å². The highest BCUT2D eigenvalue weighted by molar-refractivity contribution is 5.78. The summed E-state index contributed by atoms with van der Waals surface area (Å²) in [7, 11) is 0. The molecule has 1 heterocycles. The lowest BCUT2D eigenvalue weighted by molar-refractivity contribution is 0.493. The average molecular weight is 262 g/mol. The maximum Gasteiger partial charge on any atom is 0.189 e. The standard InChI is InChI=1S/C15H26N4/c1-11(2)13(12-7-6-8-17-9-12)10-18-14(16)19-15(3,4)5/h6-9,11,13H,10H2,1-5H3,(H3,16,18,19). The molecule has 1 unspecified atom stereocenters. The minimum absolute atomic E-state index is 0.0603. The highest BCUT2D eigenvalue weighted by Crippen LogP contribution is 2.23. The predicted octanol–water partition coefficient (Wildman–Crippen LogP) is 2.52. The molecule has 0 aromatic carbocycles. The average Bonchev–Trinajstić information content (AvgIpc) is 2.27. The number of nitrogens with one attached hydrogen (secondary N) is 1. The molecule has 0 bridgehead atoms. The van der Waals surface area contributed by atoms with Crippen LogP contribution in [0, 0.1) is 5.92 Å². The Kier molecular flexibility index (Phi) is 5.33. The van der Waals surface area contributed by atoms with Crippen molar-refractivity contribution < 1.29 is 0 Å². The second-order valence-electron chi connectivity index (χ2n) is 6.24. The summed E-state index contributed by atoms with van der Waals surface area (Å²) in [6, 6.07) is 4.06. The molecule has 1 aromatic heterocycles. The fourth-order valence-corrected chi connectivity index (χ4v) is 1.92. The van der Waals surface area contributed by atoms with Crippen molar-refractivity contribution in [1.82, 2.24) is 10.3 Å². The number of hydrogen-bond acceptors (Lipinski definition) is 2. The van der Waals surface area contributed by atoms with Crippen LogP contribution in [0.2, 0.25) is 0 Å². The summed E-state index contributed by atoms with van der Waals surface area (Å²) in [6.45, 7) is 11.3. The second-order valence-corrected chi connectivity index (χ2v) is 6.24. The van der Waals surface area contributed by atoms with Gasteiger partial charge in [0, 0.05) is 30.4 Å². The van der Waals surface area contributed by atoms with Gasteiger partial charge in [0.25, 0.3) is 0 Å². The third-order valence-electron chi connectivity index (χ3n) is 2.88. The van der Waals surface area contributed by atoms with Crippen LogP contribution >= 0.6 is 0 Å². The van der Waals surface area contributed by atoms with E-state index in [0.717, 1.165) is 0 Å². The van der Waals surface area contributed by atoms with E-state index in [9.17, 15) is 0 Å². The van der Waals surface area contributed by atoms with Gasteiger partial charge in [-0.15, -0.1) is 0 Å². The van der Waals surface area contributed by atoms with E-state index in [0.29, 0.717) is 24.3 Å². The number of aliphatic imine (C=N–C) groups is 1. The van der Waals surface area contributed by atoms with E-state index in [2.05, 4.69) is 56.0 Å². The van der Waals surface area contributed by atoms with Crippen LogP contribution in [0.1, 0.15) is 46.1 Å². The Labute approximate surface area is 116 Å². The monoisotopic (exact) mass is 262 g/mol. The Hall–Kier alpha value is -1.58. The fraction of sp³-hybridized carbons (Fsp3) is 0.600. The summed E-state index contributed by atoms with van der Waals surface area (Å²) in [4.78, 5) is 8.64. The van der Waals surface area contributed by atoms with Gasteiger partial charge in [-0.05, 0) is 38.3 Å². The van der Waals surface area contributed by atoms with Gasteiger partial charge in [-0.1, -0.05) is 19.9 Å². The molecule has 3 N–H and O–H groups in total. The molecule has 106 valence electrons. The van der Waals surface area contributed by atoms with E-state index in [1.165, 1.54) is 5.56 Å². The molecule has 1 aromatic rings. The van der Waals surface area contributed by atoms with E-state index in [-0.39, 0.29) is 5.54 Å². The lowest BCUT2D eigenvalue weighted by Crippen LogP contribution is -2.45. The van der Waals surface area contributed by atoms with Crippen molar-refractivity contribution in [2.24, 2.45) is 16.6 Å². The van der Waals surface area contributed by atoms with Crippen molar-refractivity contribution in [1.29, 1.82) is 0 Å². The summed E-state index contributed by atoms with van der Waals surface area (Å²) in [5.74, 6) is 1.34. The molecular weight excluding hydrogens is 236 g/mol. The molecular formula is C15H26N4. The smallest absolute Gasteiger partial charge is 0.189 e. The van der Waals surface area contributed by atoms with Crippen molar-refractivity contribution in [2.75, 3.05) is 6.54 Å². The first-order valence-electron chi connectivity index (χ1n) is 6.77. The van der Waals surface area contributed by atoms with E-state index in [1.807, 2.05) is 12.3 Å². The molecule has 4 heteroatoms. The topological polar surface area (TPSA) is 63.3 Å². The van der Waals surface area contributed by atoms with Gasteiger partial charge in [0.05, 0.1) is 0 Å². The van der Waals surface area contributed by atoms with Crippen molar-refractivity contribution in [3.05, 3.63) is 30.1 Å². The molecule has 0 aliphatic carbocycles. The zero-order chi connectivity index (χ0) is 14.5. The highest BCUT2D eigenvalue weighted by atomic mass is 15.1. The molecule has 4 nitrogen and oxygen atoms in total. The number of hydrogen-bond donors (Lipinski definition) is 2. The molecule has 0 aliphatic heterocycles. The SMILES string of the molecule is CC(C)C(CN=C(N)NC(C)(C)C)c1cccnc1. The molecule has 19 heavy (non-hydrogen) atoms. The Morgan fingerprint density at radius 3 is 2.58 bits per heavy atom. The maximum absolute atomic E-state index is 5.91. The van der Waals surface area contributed by atoms with Crippen LogP contribution in [0.5, 0.6) is 0 Å². The number of aromatic nitrogens is 1. The van der Waals surface area contributed by atoms with E-state index in [1.54, 1.807) is 6.20 Å². The molecule has 0 aliphatic rings. The van der Waals surface area contributed by atoms with Crippen molar-refractivity contribution in [3.63, 3.8) is 0 Å². The van der Waals surface area contributed by atoms with Gasteiger partial charge in [-0.25, -0.2) is 0 Å². The highest BCUT2D eigenvalue weighted by Gasteiger charge is 2.16. The first-order chi connectivity index (χ1) is 8.79. The van der Waals surface area contributed by atoms with Gasteiger partial charge >= 0.3 is 0 Å². The van der Waals surface area contributed by atoms with Crippen molar-refractivity contribution >= 4 is 5.96 Å². The quantitative estimate of drug-likeness (QED) is 0.647. The van der Waals surface area contributed by atoms with E-state index < -0.39 is 0 Å². The Bertz CT molecular complexity index is 404. The summed E-state index contributed by atoms with van der Waals surface area (Å²) in [6.07, 6.45) is 3.70. The first kappa shape index (κ1) is 15.5. The third-order valence-corrected chi connectivity index (χ3v) is 2.88. The minimum Gasteiger partial charge on any atom is -0.370 e. The zero-order valence-corrected chi connectivity index (χ0v) is 12.6. The number of nitrogens with two attached hydrogens (primary N) is 1. The Balaban J connectivity index is 2.73. The van der Waals surface area contributed by atoms with Gasteiger partial charge < -0.3 is 11.1 Å². The largest absolute Gasteiger partial charge is 0.370 e. The van der Waals surface area contributed by atoms with Crippen LogP contribution in [0.15, 0.2) is 29.5 Å². The van der Waals surface area contributed by atoms with E-state index in [4.69, 9.17) is 5.73 Å². The zero-order valence-electron chi connectivity index (χ0n) is 12.6. The maximum atomic E-state index is 5.91. The molecule has 1 atom stereocenters. The molecule has 1 rings (SSSR count). The minimum atomic E-state index is -0.0603. The van der Waals surface area contributed by atoms with Crippen LogP contribution in [0.25, 0.3) is 0 Å². The Morgan fingerprint density at radius 2 is 2.11 bits per heavy atom. The summed E-state index contributed by atoms with van der Waals surface area (Å²) in [5.41, 5.74) is 7.06. The lowest BCUT2D eigenvalue weighted by Gasteiger charge is -2.23. The summed E-state index contributed by atoms with van der Waals surface area (Å²) < 4.78 is 0. The number of guanidine groups is 1. The normalized spacial score (nSPS) is 14.5. The molecule has 0 radical (unpaired) electrons. The molecule has 0 saturated carbocycles. The second kappa shape index (κ2) is 6.55. The van der Waals surface area contributed by atoms with Crippen LogP contribution < -0.4 is 11.1 Å². The van der Waals surface area contributed by atoms with Crippen molar-refractivity contribution in [3.8, 4) is 0 Å². The van der Waals surface area contributed by atoms with Gasteiger partial charge in [-0.2, -0.15) is 0 Å². The van der Waals surface area contributed by atoms with Gasteiger partial charge in [0.15, 0.2) is 5.96 Å². The summed E-state index contributed by atoms with van der Waals surface area (Å²) in [5, 5.41) is 3.18. The van der Waals surface area contributed by atoms with Crippen LogP contribution in [0.3, 0.4) is 0 Å². The predicted molar refractivity (Wildman–Crippen MR) is 81.2 cm³/mol. The van der Waals surface area contributed by atoms with Crippen LogP contribution in [0.4, 0.5) is 0 Å². The fourth-order valence-electron chi connectivity index (χ4n) is 1.92. The number of nitrogens with zero attached hydrogens (tertiary/aromatic N) is 2. The van der Waals surface area contributed by atoms with Crippen LogP contribution in [-0.2, 0) is 0 Å². The van der Waals surface area contributed by atoms with Gasteiger partial charge in [-0.3, -0.25) is 9.98 Å². The molecule has 0 saturated heterocycles. The van der Waals surface area contributed by atoms with E-state index >= 15 is 0 Å². The number of rotatable bonds is 4. The summed E-state index contributed by atoms with van der Waals surface area (Å²) >= 11 is 0. The van der Waals surface area contributed by atoms with Crippen molar-refractivity contribution in [2.45, 2.75) is 46.1 Å². The number of pyridine rings is 1. The molecule has 0 fully saturated rings. The van der Waals surface area contributed by atoms with Crippen LogP contribution in [-0.4, -0.2) is 23.0 Å². The first-order valence-corrected chi connectivity index (χ1v) is 6.77. The lowest BCUT2D eigenvalue weighted by atomic mass is 9.89.